The first-order chi connectivity index (χ1) is 9.54. The number of amides is 1. The van der Waals surface area contributed by atoms with Gasteiger partial charge in [-0.05, 0) is 31.5 Å². The number of benzene rings is 1. The molecule has 3 N–H and O–H groups in total. The Morgan fingerprint density at radius 2 is 2.15 bits per heavy atom. The van der Waals surface area contributed by atoms with Crippen LogP contribution in [0.2, 0.25) is 0 Å². The number of rotatable bonds is 4. The lowest BCUT2D eigenvalue weighted by molar-refractivity contribution is -0.121. The van der Waals surface area contributed by atoms with Crippen LogP contribution in [0, 0.1) is 6.92 Å². The molecule has 0 unspecified atom stereocenters. The molecule has 104 valence electrons. The molecule has 2 rings (SSSR count). The number of nitrogens with two attached hydrogens (primary N) is 1. The second kappa shape index (κ2) is 6.19. The van der Waals surface area contributed by atoms with Crippen molar-refractivity contribution in [2.75, 3.05) is 5.73 Å². The van der Waals surface area contributed by atoms with E-state index in [9.17, 15) is 4.79 Å². The molecule has 0 aliphatic carbocycles. The van der Waals surface area contributed by atoms with Crippen LogP contribution >= 0.6 is 0 Å². The summed E-state index contributed by atoms with van der Waals surface area (Å²) < 4.78 is 0. The average Bonchev–Trinajstić information content (AvgIpc) is 2.41. The Hall–Kier alpha value is -2.36. The number of aryl methyl sites for hydroxylation is 1. The summed E-state index contributed by atoms with van der Waals surface area (Å²) >= 11 is 0. The summed E-state index contributed by atoms with van der Waals surface area (Å²) in [5, 5.41) is 2.98. The van der Waals surface area contributed by atoms with Gasteiger partial charge in [-0.15, -0.1) is 0 Å². The zero-order valence-electron chi connectivity index (χ0n) is 11.8. The number of hydrogen-bond donors (Lipinski definition) is 2. The maximum Gasteiger partial charge on any atom is 0.226 e. The third-order valence-corrected chi connectivity index (χ3v) is 3.11. The molecular weight excluding hydrogens is 250 g/mol. The maximum absolute atomic E-state index is 12.0. The summed E-state index contributed by atoms with van der Waals surface area (Å²) in [5.41, 5.74) is 9.17. The van der Waals surface area contributed by atoms with Crippen LogP contribution < -0.4 is 11.1 Å². The van der Waals surface area contributed by atoms with Crippen molar-refractivity contribution in [3.63, 3.8) is 0 Å². The summed E-state index contributed by atoms with van der Waals surface area (Å²) in [6, 6.07) is 11.6. The molecule has 0 spiro atoms. The van der Waals surface area contributed by atoms with Crippen molar-refractivity contribution >= 4 is 11.6 Å². The fourth-order valence-corrected chi connectivity index (χ4v) is 2.02. The van der Waals surface area contributed by atoms with Crippen molar-refractivity contribution in [3.05, 3.63) is 59.4 Å². The Labute approximate surface area is 119 Å². The molecule has 1 atom stereocenters. The fraction of sp³-hybridized carbons (Fsp3) is 0.250. The van der Waals surface area contributed by atoms with Crippen molar-refractivity contribution in [3.8, 4) is 0 Å². The van der Waals surface area contributed by atoms with Gasteiger partial charge >= 0.3 is 0 Å². The quantitative estimate of drug-likeness (QED) is 0.895. The van der Waals surface area contributed by atoms with Crippen molar-refractivity contribution in [2.24, 2.45) is 0 Å². The van der Waals surface area contributed by atoms with E-state index in [0.717, 1.165) is 5.56 Å². The molecule has 0 saturated heterocycles. The van der Waals surface area contributed by atoms with Crippen LogP contribution in [0.15, 0.2) is 42.6 Å². The lowest BCUT2D eigenvalue weighted by atomic mass is 10.1. The van der Waals surface area contributed by atoms with E-state index in [1.807, 2.05) is 32.0 Å². The van der Waals surface area contributed by atoms with E-state index in [1.165, 1.54) is 5.56 Å². The van der Waals surface area contributed by atoms with E-state index in [2.05, 4.69) is 16.4 Å². The van der Waals surface area contributed by atoms with Crippen molar-refractivity contribution < 1.29 is 4.79 Å². The molecule has 0 fully saturated rings. The largest absolute Gasteiger partial charge is 0.397 e. The fourth-order valence-electron chi connectivity index (χ4n) is 2.02. The topological polar surface area (TPSA) is 68.0 Å². The van der Waals surface area contributed by atoms with Gasteiger partial charge in [0.25, 0.3) is 0 Å². The smallest absolute Gasteiger partial charge is 0.226 e. The minimum absolute atomic E-state index is 0.0174. The van der Waals surface area contributed by atoms with Crippen LogP contribution in [-0.2, 0) is 11.2 Å². The summed E-state index contributed by atoms with van der Waals surface area (Å²) in [5.74, 6) is -0.0451. The summed E-state index contributed by atoms with van der Waals surface area (Å²) in [4.78, 5) is 16.1. The van der Waals surface area contributed by atoms with E-state index in [-0.39, 0.29) is 18.4 Å². The third kappa shape index (κ3) is 3.82. The Morgan fingerprint density at radius 1 is 1.35 bits per heavy atom. The molecule has 20 heavy (non-hydrogen) atoms. The Balaban J connectivity index is 1.95. The predicted octanol–water partition coefficient (Wildman–Crippen LogP) is 2.39. The lowest BCUT2D eigenvalue weighted by Gasteiger charge is -2.14. The Morgan fingerprint density at radius 3 is 2.80 bits per heavy atom. The highest BCUT2D eigenvalue weighted by Crippen LogP contribution is 2.14. The monoisotopic (exact) mass is 269 g/mol. The normalized spacial score (nSPS) is 11.9. The van der Waals surface area contributed by atoms with Gasteiger partial charge in [-0.1, -0.05) is 29.8 Å². The van der Waals surface area contributed by atoms with Crippen molar-refractivity contribution in [1.82, 2.24) is 10.3 Å². The Kier molecular flexibility index (Phi) is 4.35. The van der Waals surface area contributed by atoms with Gasteiger partial charge in [0, 0.05) is 5.69 Å². The van der Waals surface area contributed by atoms with Gasteiger partial charge in [0.2, 0.25) is 5.91 Å². The highest BCUT2D eigenvalue weighted by Gasteiger charge is 2.10. The van der Waals surface area contributed by atoms with E-state index >= 15 is 0 Å². The van der Waals surface area contributed by atoms with Gasteiger partial charge in [-0.25, -0.2) is 0 Å². The van der Waals surface area contributed by atoms with E-state index in [0.29, 0.717) is 11.4 Å². The van der Waals surface area contributed by atoms with Gasteiger partial charge in [0.1, 0.15) is 0 Å². The number of carbonyl (C=O) groups excluding carboxylic acids is 1. The van der Waals surface area contributed by atoms with E-state index in [1.54, 1.807) is 18.3 Å². The SMILES string of the molecule is Cc1cccc([C@@H](C)NC(=O)Cc2ccc(N)cn2)c1. The molecule has 0 radical (unpaired) electrons. The van der Waals surface area contributed by atoms with Crippen LogP contribution in [0.1, 0.15) is 29.8 Å². The number of nitrogens with zero attached hydrogens (tertiary/aromatic N) is 1. The van der Waals surface area contributed by atoms with Gasteiger partial charge in [-0.3, -0.25) is 9.78 Å². The first-order valence-corrected chi connectivity index (χ1v) is 6.61. The standard InChI is InChI=1S/C16H19N3O/c1-11-4-3-5-13(8-11)12(2)19-16(20)9-15-7-6-14(17)10-18-15/h3-8,10,12H,9,17H2,1-2H3,(H,19,20)/t12-/m1/s1. The highest BCUT2D eigenvalue weighted by molar-refractivity contribution is 5.78. The summed E-state index contributed by atoms with van der Waals surface area (Å²) in [6.07, 6.45) is 1.82. The van der Waals surface area contributed by atoms with Gasteiger partial charge < -0.3 is 11.1 Å². The minimum Gasteiger partial charge on any atom is -0.397 e. The van der Waals surface area contributed by atoms with Crippen LogP contribution in [-0.4, -0.2) is 10.9 Å². The molecule has 0 saturated carbocycles. The number of nitrogen functional groups attached to an aromatic ring is 1. The molecular formula is C16H19N3O. The zero-order valence-corrected chi connectivity index (χ0v) is 11.8. The van der Waals surface area contributed by atoms with Crippen LogP contribution in [0.5, 0.6) is 0 Å². The highest BCUT2D eigenvalue weighted by atomic mass is 16.1. The van der Waals surface area contributed by atoms with Gasteiger partial charge in [0.15, 0.2) is 0 Å². The van der Waals surface area contributed by atoms with E-state index < -0.39 is 0 Å². The minimum atomic E-state index is -0.0451. The van der Waals surface area contributed by atoms with Crippen molar-refractivity contribution in [2.45, 2.75) is 26.3 Å². The molecule has 4 heteroatoms. The maximum atomic E-state index is 12.0. The lowest BCUT2D eigenvalue weighted by Crippen LogP contribution is -2.28. The third-order valence-electron chi connectivity index (χ3n) is 3.11. The van der Waals surface area contributed by atoms with Crippen LogP contribution in [0.3, 0.4) is 0 Å². The van der Waals surface area contributed by atoms with E-state index in [4.69, 9.17) is 5.73 Å². The number of anilines is 1. The number of aromatic nitrogens is 1. The summed E-state index contributed by atoms with van der Waals surface area (Å²) in [7, 11) is 0. The van der Waals surface area contributed by atoms with Crippen molar-refractivity contribution in [1.29, 1.82) is 0 Å². The zero-order chi connectivity index (χ0) is 14.5. The summed E-state index contributed by atoms with van der Waals surface area (Å²) in [6.45, 7) is 4.01. The first kappa shape index (κ1) is 14.1. The van der Waals surface area contributed by atoms with Gasteiger partial charge in [0.05, 0.1) is 24.3 Å². The molecule has 0 bridgehead atoms. The Bertz CT molecular complexity index is 593. The van der Waals surface area contributed by atoms with Crippen LogP contribution in [0.4, 0.5) is 5.69 Å². The second-order valence-corrected chi connectivity index (χ2v) is 4.96. The molecule has 4 nitrogen and oxygen atoms in total. The molecule has 0 aliphatic rings. The molecule has 1 amide bonds. The molecule has 1 aromatic heterocycles. The second-order valence-electron chi connectivity index (χ2n) is 4.96. The number of pyridine rings is 1. The predicted molar refractivity (Wildman–Crippen MR) is 80.1 cm³/mol. The van der Waals surface area contributed by atoms with Crippen LogP contribution in [0.25, 0.3) is 0 Å². The molecule has 1 aromatic carbocycles. The number of nitrogens with one attached hydrogen (secondary N) is 1. The number of carbonyl (C=O) groups is 1. The molecule has 2 aromatic rings. The number of hydrogen-bond acceptors (Lipinski definition) is 3. The average molecular weight is 269 g/mol. The first-order valence-electron chi connectivity index (χ1n) is 6.61. The molecule has 1 heterocycles. The molecule has 0 aliphatic heterocycles. The van der Waals surface area contributed by atoms with Gasteiger partial charge in [-0.2, -0.15) is 0 Å².